The summed E-state index contributed by atoms with van der Waals surface area (Å²) in [5, 5.41) is 3.35. The number of rotatable bonds is 4. The second-order valence-corrected chi connectivity index (χ2v) is 4.70. The minimum Gasteiger partial charge on any atom is -0.494 e. The Labute approximate surface area is 102 Å². The molecule has 1 aromatic carbocycles. The van der Waals surface area contributed by atoms with Crippen molar-refractivity contribution in [1.82, 2.24) is 5.32 Å². The fourth-order valence-electron chi connectivity index (χ4n) is 2.84. The van der Waals surface area contributed by atoms with Crippen molar-refractivity contribution in [3.63, 3.8) is 0 Å². The summed E-state index contributed by atoms with van der Waals surface area (Å²) < 4.78 is 18.4. The van der Waals surface area contributed by atoms with Gasteiger partial charge in [-0.1, -0.05) is 18.9 Å². The van der Waals surface area contributed by atoms with Crippen LogP contribution in [-0.4, -0.2) is 14.2 Å². The maximum Gasteiger partial charge on any atom is 0.165 e. The number of hydrogen-bond donors (Lipinski definition) is 1. The van der Waals surface area contributed by atoms with Gasteiger partial charge in [0.05, 0.1) is 7.11 Å². The molecule has 1 saturated carbocycles. The summed E-state index contributed by atoms with van der Waals surface area (Å²) in [6.45, 7) is 0. The third-order valence-corrected chi connectivity index (χ3v) is 3.72. The van der Waals surface area contributed by atoms with E-state index in [0.717, 1.165) is 5.56 Å². The molecule has 3 heteroatoms. The molecule has 1 N–H and O–H groups in total. The minimum atomic E-state index is -0.294. The molecule has 1 atom stereocenters. The van der Waals surface area contributed by atoms with Crippen LogP contribution in [0.25, 0.3) is 0 Å². The molecule has 0 spiro atoms. The molecule has 2 rings (SSSR count). The van der Waals surface area contributed by atoms with Crippen molar-refractivity contribution in [1.29, 1.82) is 0 Å². The van der Waals surface area contributed by atoms with E-state index in [-0.39, 0.29) is 5.82 Å². The fourth-order valence-corrected chi connectivity index (χ4v) is 2.84. The van der Waals surface area contributed by atoms with Crippen LogP contribution in [0, 0.1) is 11.7 Å². The van der Waals surface area contributed by atoms with Gasteiger partial charge in [0.25, 0.3) is 0 Å². The number of benzene rings is 1. The van der Waals surface area contributed by atoms with E-state index in [4.69, 9.17) is 4.74 Å². The Morgan fingerprint density at radius 2 is 2.06 bits per heavy atom. The molecular formula is C14H20FNO. The van der Waals surface area contributed by atoms with Crippen LogP contribution in [0.3, 0.4) is 0 Å². The van der Waals surface area contributed by atoms with Gasteiger partial charge in [0.1, 0.15) is 0 Å². The van der Waals surface area contributed by atoms with E-state index >= 15 is 0 Å². The number of halogens is 1. The first-order valence-electron chi connectivity index (χ1n) is 6.27. The normalized spacial score (nSPS) is 18.3. The van der Waals surface area contributed by atoms with Gasteiger partial charge in [-0.25, -0.2) is 4.39 Å². The van der Waals surface area contributed by atoms with Crippen LogP contribution in [0.1, 0.15) is 37.3 Å². The smallest absolute Gasteiger partial charge is 0.165 e. The standard InChI is InChI=1S/C14H20FNO/c1-16-14(10-5-3-4-6-10)11-7-8-12(15)13(9-11)17-2/h7-10,14,16H,3-6H2,1-2H3. The van der Waals surface area contributed by atoms with Gasteiger partial charge in [-0.05, 0) is 43.5 Å². The van der Waals surface area contributed by atoms with Crippen molar-refractivity contribution in [3.8, 4) is 5.75 Å². The van der Waals surface area contributed by atoms with E-state index in [2.05, 4.69) is 5.32 Å². The van der Waals surface area contributed by atoms with Crippen molar-refractivity contribution in [2.45, 2.75) is 31.7 Å². The Morgan fingerprint density at radius 1 is 1.35 bits per heavy atom. The zero-order valence-electron chi connectivity index (χ0n) is 10.5. The van der Waals surface area contributed by atoms with Crippen molar-refractivity contribution >= 4 is 0 Å². The van der Waals surface area contributed by atoms with E-state index < -0.39 is 0 Å². The molecule has 0 radical (unpaired) electrons. The Morgan fingerprint density at radius 3 is 2.65 bits per heavy atom. The molecular weight excluding hydrogens is 217 g/mol. The van der Waals surface area contributed by atoms with Crippen LogP contribution in [0.2, 0.25) is 0 Å². The minimum absolute atomic E-state index is 0.294. The second-order valence-electron chi connectivity index (χ2n) is 4.70. The van der Waals surface area contributed by atoms with Gasteiger partial charge >= 0.3 is 0 Å². The highest BCUT2D eigenvalue weighted by atomic mass is 19.1. The van der Waals surface area contributed by atoms with Gasteiger partial charge in [0.15, 0.2) is 11.6 Å². The molecule has 94 valence electrons. The van der Waals surface area contributed by atoms with Crippen LogP contribution < -0.4 is 10.1 Å². The average molecular weight is 237 g/mol. The first kappa shape index (κ1) is 12.4. The molecule has 1 aliphatic rings. The monoisotopic (exact) mass is 237 g/mol. The lowest BCUT2D eigenvalue weighted by molar-refractivity contribution is 0.373. The van der Waals surface area contributed by atoms with Crippen LogP contribution in [0.4, 0.5) is 4.39 Å². The zero-order chi connectivity index (χ0) is 12.3. The molecule has 0 saturated heterocycles. The maximum absolute atomic E-state index is 13.4. The topological polar surface area (TPSA) is 21.3 Å². The van der Waals surface area contributed by atoms with Gasteiger partial charge in [-0.15, -0.1) is 0 Å². The summed E-state index contributed by atoms with van der Waals surface area (Å²) in [7, 11) is 3.48. The molecule has 1 unspecified atom stereocenters. The van der Waals surface area contributed by atoms with E-state index in [9.17, 15) is 4.39 Å². The summed E-state index contributed by atoms with van der Waals surface area (Å²) in [5.74, 6) is 0.702. The summed E-state index contributed by atoms with van der Waals surface area (Å²) in [4.78, 5) is 0. The largest absolute Gasteiger partial charge is 0.494 e. The number of nitrogens with one attached hydrogen (secondary N) is 1. The molecule has 1 aromatic rings. The molecule has 0 aromatic heterocycles. The Balaban J connectivity index is 2.23. The van der Waals surface area contributed by atoms with Crippen LogP contribution in [-0.2, 0) is 0 Å². The van der Waals surface area contributed by atoms with Crippen LogP contribution in [0.15, 0.2) is 18.2 Å². The van der Waals surface area contributed by atoms with Gasteiger partial charge in [-0.2, -0.15) is 0 Å². The highest BCUT2D eigenvalue weighted by Gasteiger charge is 2.25. The lowest BCUT2D eigenvalue weighted by Gasteiger charge is -2.23. The molecule has 2 nitrogen and oxygen atoms in total. The third kappa shape index (κ3) is 2.60. The number of hydrogen-bond acceptors (Lipinski definition) is 2. The maximum atomic E-state index is 13.4. The lowest BCUT2D eigenvalue weighted by Crippen LogP contribution is -2.23. The van der Waals surface area contributed by atoms with E-state index in [1.165, 1.54) is 38.9 Å². The summed E-state index contributed by atoms with van der Waals surface area (Å²) in [5.41, 5.74) is 1.12. The van der Waals surface area contributed by atoms with Crippen LogP contribution in [0.5, 0.6) is 5.75 Å². The molecule has 0 heterocycles. The highest BCUT2D eigenvalue weighted by Crippen LogP contribution is 2.36. The highest BCUT2D eigenvalue weighted by molar-refractivity contribution is 5.32. The van der Waals surface area contributed by atoms with Crippen molar-refractivity contribution in [2.24, 2.45) is 5.92 Å². The first-order valence-corrected chi connectivity index (χ1v) is 6.27. The molecule has 0 amide bonds. The van der Waals surface area contributed by atoms with E-state index in [1.807, 2.05) is 19.2 Å². The lowest BCUT2D eigenvalue weighted by atomic mass is 9.91. The Kier molecular flexibility index (Phi) is 4.00. The van der Waals surface area contributed by atoms with Crippen molar-refractivity contribution in [3.05, 3.63) is 29.6 Å². The van der Waals surface area contributed by atoms with Gasteiger partial charge < -0.3 is 10.1 Å². The van der Waals surface area contributed by atoms with Gasteiger partial charge in [0.2, 0.25) is 0 Å². The van der Waals surface area contributed by atoms with E-state index in [0.29, 0.717) is 17.7 Å². The number of methoxy groups -OCH3 is 1. The third-order valence-electron chi connectivity index (χ3n) is 3.72. The van der Waals surface area contributed by atoms with E-state index in [1.54, 1.807) is 0 Å². The van der Waals surface area contributed by atoms with Crippen molar-refractivity contribution < 1.29 is 9.13 Å². The molecule has 1 aliphatic carbocycles. The predicted molar refractivity (Wildman–Crippen MR) is 66.7 cm³/mol. The van der Waals surface area contributed by atoms with Crippen LogP contribution >= 0.6 is 0 Å². The quantitative estimate of drug-likeness (QED) is 0.867. The molecule has 0 bridgehead atoms. The summed E-state index contributed by atoms with van der Waals surface area (Å²) >= 11 is 0. The first-order chi connectivity index (χ1) is 8.26. The zero-order valence-corrected chi connectivity index (χ0v) is 10.5. The Bertz CT molecular complexity index is 374. The summed E-state index contributed by atoms with van der Waals surface area (Å²) in [6, 6.07) is 5.48. The Hall–Kier alpha value is -1.09. The number of ether oxygens (including phenoxy) is 1. The summed E-state index contributed by atoms with van der Waals surface area (Å²) in [6.07, 6.45) is 5.12. The van der Waals surface area contributed by atoms with Gasteiger partial charge in [-0.3, -0.25) is 0 Å². The fraction of sp³-hybridized carbons (Fsp3) is 0.571. The second kappa shape index (κ2) is 5.50. The van der Waals surface area contributed by atoms with Gasteiger partial charge in [0, 0.05) is 6.04 Å². The molecule has 1 fully saturated rings. The molecule has 0 aliphatic heterocycles. The molecule has 17 heavy (non-hydrogen) atoms. The predicted octanol–water partition coefficient (Wildman–Crippen LogP) is 3.29. The van der Waals surface area contributed by atoms with Crippen molar-refractivity contribution in [2.75, 3.05) is 14.2 Å². The average Bonchev–Trinajstić information content (AvgIpc) is 2.86. The SMILES string of the molecule is CNC(c1ccc(F)c(OC)c1)C1CCCC1.